The first-order valence-electron chi connectivity index (χ1n) is 13.5. The van der Waals surface area contributed by atoms with Crippen LogP contribution in [0.5, 0.6) is 11.5 Å². The minimum absolute atomic E-state index is 0.0245. The van der Waals surface area contributed by atoms with Crippen LogP contribution in [0.25, 0.3) is 16.8 Å². The number of fused-ring (bicyclic) bond motifs is 1. The van der Waals surface area contributed by atoms with Crippen molar-refractivity contribution in [3.05, 3.63) is 136 Å². The van der Waals surface area contributed by atoms with Gasteiger partial charge in [-0.15, -0.1) is 0 Å². The summed E-state index contributed by atoms with van der Waals surface area (Å²) in [4.78, 5) is 30.5. The summed E-state index contributed by atoms with van der Waals surface area (Å²) < 4.78 is 12.8. The van der Waals surface area contributed by atoms with E-state index in [1.807, 2.05) is 66.7 Å². The molecule has 2 amide bonds. The Hall–Kier alpha value is -4.54. The first kappa shape index (κ1) is 28.6. The molecule has 0 N–H and O–H groups in total. The zero-order valence-corrected chi connectivity index (χ0v) is 26.0. The van der Waals surface area contributed by atoms with E-state index in [1.165, 1.54) is 9.80 Å². The number of hydrogen-bond donors (Lipinski definition) is 0. The van der Waals surface area contributed by atoms with Gasteiger partial charge >= 0.3 is 0 Å². The van der Waals surface area contributed by atoms with Crippen molar-refractivity contribution in [3.8, 4) is 11.5 Å². The first-order chi connectivity index (χ1) is 21.0. The van der Waals surface area contributed by atoms with Crippen molar-refractivity contribution in [2.24, 2.45) is 0 Å². The molecule has 43 heavy (non-hydrogen) atoms. The first-order valence-corrected chi connectivity index (χ1v) is 15.0. The highest BCUT2D eigenvalue weighted by Gasteiger charge is 2.41. The number of halogens is 1. The molecule has 0 aromatic heterocycles. The number of anilines is 2. The molecule has 0 radical (unpaired) electrons. The summed E-state index contributed by atoms with van der Waals surface area (Å²) in [7, 11) is 1.57. The summed E-state index contributed by atoms with van der Waals surface area (Å²) in [6, 6.07) is 36.1. The van der Waals surface area contributed by atoms with E-state index in [0.717, 1.165) is 19.9 Å². The molecule has 6 rings (SSSR count). The monoisotopic (exact) mass is 696 g/mol. The van der Waals surface area contributed by atoms with Crippen LogP contribution in [-0.4, -0.2) is 24.0 Å². The number of benzene rings is 5. The predicted octanol–water partition coefficient (Wildman–Crippen LogP) is 7.78. The van der Waals surface area contributed by atoms with E-state index in [2.05, 4.69) is 40.8 Å². The van der Waals surface area contributed by atoms with Crippen molar-refractivity contribution >= 4 is 80.0 Å². The number of nitrogens with zero attached hydrogens (tertiary/aromatic N) is 2. The largest absolute Gasteiger partial charge is 0.493 e. The van der Waals surface area contributed by atoms with Gasteiger partial charge in [0.05, 0.1) is 22.1 Å². The van der Waals surface area contributed by atoms with E-state index < -0.39 is 11.8 Å². The molecule has 1 aliphatic heterocycles. The molecule has 1 saturated heterocycles. The molecular formula is C35H25IN2O4S. The maximum absolute atomic E-state index is 13.9. The second-order valence-electron chi connectivity index (χ2n) is 9.75. The fraction of sp³-hybridized carbons (Fsp3) is 0.0571. The van der Waals surface area contributed by atoms with E-state index in [0.29, 0.717) is 35.0 Å². The zero-order valence-electron chi connectivity index (χ0n) is 23.1. The van der Waals surface area contributed by atoms with E-state index in [4.69, 9.17) is 21.7 Å². The molecule has 5 aromatic rings. The molecule has 0 bridgehead atoms. The van der Waals surface area contributed by atoms with Crippen molar-refractivity contribution in [2.75, 3.05) is 16.9 Å². The van der Waals surface area contributed by atoms with Gasteiger partial charge in [-0.25, -0.2) is 0 Å². The standard InChI is InChI=1S/C35H25IN2O4S/c1-41-31-21-23(20-30(36)32(31)42-22-25-13-10-12-24-11-8-9-18-28(24)25)19-29-33(39)37(26-14-4-2-5-15-26)35(43)38(34(29)40)27-16-6-3-7-17-27/h2-21H,22H2,1H3. The molecule has 0 spiro atoms. The van der Waals surface area contributed by atoms with E-state index in [9.17, 15) is 9.59 Å². The molecule has 0 saturated carbocycles. The van der Waals surface area contributed by atoms with Crippen LogP contribution in [0.1, 0.15) is 11.1 Å². The maximum atomic E-state index is 13.9. The highest BCUT2D eigenvalue weighted by molar-refractivity contribution is 14.1. The number of hydrogen-bond acceptors (Lipinski definition) is 5. The SMILES string of the molecule is COc1cc(C=C2C(=O)N(c3ccccc3)C(=S)N(c3ccccc3)C2=O)cc(I)c1OCc1cccc2ccccc12. The van der Waals surface area contributed by atoms with Crippen molar-refractivity contribution in [3.63, 3.8) is 0 Å². The molecular weight excluding hydrogens is 671 g/mol. The van der Waals surface area contributed by atoms with Gasteiger partial charge in [0.25, 0.3) is 11.8 Å². The topological polar surface area (TPSA) is 59.1 Å². The minimum Gasteiger partial charge on any atom is -0.493 e. The lowest BCUT2D eigenvalue weighted by Gasteiger charge is -2.36. The third kappa shape index (κ3) is 5.63. The van der Waals surface area contributed by atoms with Crippen LogP contribution >= 0.6 is 34.8 Å². The van der Waals surface area contributed by atoms with Crippen LogP contribution in [0.3, 0.4) is 0 Å². The Morgan fingerprint density at radius 3 is 1.98 bits per heavy atom. The highest BCUT2D eigenvalue weighted by atomic mass is 127. The Morgan fingerprint density at radius 1 is 0.767 bits per heavy atom. The summed E-state index contributed by atoms with van der Waals surface area (Å²) >= 11 is 7.89. The normalized spacial score (nSPS) is 13.4. The molecule has 8 heteroatoms. The average Bonchev–Trinajstić information content (AvgIpc) is 3.03. The summed E-state index contributed by atoms with van der Waals surface area (Å²) in [5.41, 5.74) is 2.79. The second kappa shape index (κ2) is 12.4. The lowest BCUT2D eigenvalue weighted by molar-refractivity contribution is -0.120. The van der Waals surface area contributed by atoms with E-state index in [-0.39, 0.29) is 10.7 Å². The van der Waals surface area contributed by atoms with Gasteiger partial charge in [-0.3, -0.25) is 19.4 Å². The van der Waals surface area contributed by atoms with Gasteiger partial charge in [-0.05, 0) is 99.2 Å². The van der Waals surface area contributed by atoms with E-state index >= 15 is 0 Å². The van der Waals surface area contributed by atoms with Gasteiger partial charge < -0.3 is 9.47 Å². The van der Waals surface area contributed by atoms with Gasteiger partial charge in [-0.2, -0.15) is 0 Å². The molecule has 6 nitrogen and oxygen atoms in total. The third-order valence-corrected chi connectivity index (χ3v) is 8.26. The molecule has 1 heterocycles. The summed E-state index contributed by atoms with van der Waals surface area (Å²) in [6.07, 6.45) is 1.58. The zero-order chi connectivity index (χ0) is 29.9. The fourth-order valence-electron chi connectivity index (χ4n) is 5.04. The lowest BCUT2D eigenvalue weighted by atomic mass is 10.0. The van der Waals surface area contributed by atoms with Crippen LogP contribution in [0.2, 0.25) is 0 Å². The number of thiocarbonyl (C=S) groups is 1. The maximum Gasteiger partial charge on any atom is 0.270 e. The van der Waals surface area contributed by atoms with Crippen molar-refractivity contribution in [1.29, 1.82) is 0 Å². The lowest BCUT2D eigenvalue weighted by Crippen LogP contribution is -2.56. The van der Waals surface area contributed by atoms with Gasteiger partial charge in [0.1, 0.15) is 12.2 Å². The Bertz CT molecular complexity index is 1820. The summed E-state index contributed by atoms with van der Waals surface area (Å²) in [5.74, 6) is 0.0693. The number of ether oxygens (including phenoxy) is 2. The number of carbonyl (C=O) groups is 2. The second-order valence-corrected chi connectivity index (χ2v) is 11.3. The highest BCUT2D eigenvalue weighted by Crippen LogP contribution is 2.37. The number of carbonyl (C=O) groups excluding carboxylic acids is 2. The molecule has 1 fully saturated rings. The van der Waals surface area contributed by atoms with Crippen LogP contribution < -0.4 is 19.3 Å². The molecule has 5 aromatic carbocycles. The van der Waals surface area contributed by atoms with E-state index in [1.54, 1.807) is 43.5 Å². The van der Waals surface area contributed by atoms with Crippen LogP contribution in [0.4, 0.5) is 11.4 Å². The number of methoxy groups -OCH3 is 1. The Labute approximate surface area is 268 Å². The van der Waals surface area contributed by atoms with Crippen LogP contribution in [0.15, 0.2) is 121 Å². The van der Waals surface area contributed by atoms with Crippen LogP contribution in [0, 0.1) is 3.57 Å². The number of amides is 2. The molecule has 0 atom stereocenters. The fourth-order valence-corrected chi connectivity index (χ4v) is 6.19. The van der Waals surface area contributed by atoms with Crippen molar-refractivity contribution < 1.29 is 19.1 Å². The smallest absolute Gasteiger partial charge is 0.270 e. The summed E-state index contributed by atoms with van der Waals surface area (Å²) in [5, 5.41) is 2.36. The number of rotatable bonds is 7. The van der Waals surface area contributed by atoms with Crippen LogP contribution in [-0.2, 0) is 16.2 Å². The number of para-hydroxylation sites is 2. The predicted molar refractivity (Wildman–Crippen MR) is 182 cm³/mol. The molecule has 0 unspecified atom stereocenters. The molecule has 0 aliphatic carbocycles. The minimum atomic E-state index is -0.501. The average molecular weight is 697 g/mol. The Kier molecular flexibility index (Phi) is 8.22. The summed E-state index contributed by atoms with van der Waals surface area (Å²) in [6.45, 7) is 0.348. The van der Waals surface area contributed by atoms with Gasteiger partial charge in [0.2, 0.25) is 0 Å². The Morgan fingerprint density at radius 2 is 1.35 bits per heavy atom. The van der Waals surface area contributed by atoms with Gasteiger partial charge in [-0.1, -0.05) is 78.9 Å². The van der Waals surface area contributed by atoms with Crippen molar-refractivity contribution in [2.45, 2.75) is 6.61 Å². The van der Waals surface area contributed by atoms with Gasteiger partial charge in [0, 0.05) is 0 Å². The quantitative estimate of drug-likeness (QED) is 0.0754. The molecule has 1 aliphatic rings. The molecule has 212 valence electrons. The van der Waals surface area contributed by atoms with Gasteiger partial charge in [0.15, 0.2) is 16.6 Å². The third-order valence-electron chi connectivity index (χ3n) is 7.09. The van der Waals surface area contributed by atoms with Crippen molar-refractivity contribution in [1.82, 2.24) is 0 Å². The Balaban J connectivity index is 1.37.